The topological polar surface area (TPSA) is 38.0 Å². The van der Waals surface area contributed by atoms with E-state index >= 15 is 0 Å². The van der Waals surface area contributed by atoms with Crippen molar-refractivity contribution in [3.8, 4) is 0 Å². The molecule has 80 valence electrons. The van der Waals surface area contributed by atoms with Crippen molar-refractivity contribution in [2.24, 2.45) is 5.73 Å². The lowest BCUT2D eigenvalue weighted by atomic mass is 9.80. The minimum Gasteiger partial charge on any atom is -0.381 e. The maximum atomic E-state index is 6.06. The Hall–Kier alpha value is -1.02. The van der Waals surface area contributed by atoms with Crippen molar-refractivity contribution < 1.29 is 0 Å². The van der Waals surface area contributed by atoms with Crippen LogP contribution in [0.1, 0.15) is 36.3 Å². The van der Waals surface area contributed by atoms with Crippen LogP contribution in [-0.2, 0) is 0 Å². The number of fused-ring (bicyclic) bond motifs is 3. The maximum absolute atomic E-state index is 6.06. The molecule has 0 saturated heterocycles. The second kappa shape index (κ2) is 3.24. The molecule has 2 aliphatic rings. The Morgan fingerprint density at radius 3 is 3.07 bits per heavy atom. The van der Waals surface area contributed by atoms with Gasteiger partial charge in [-0.2, -0.15) is 0 Å². The van der Waals surface area contributed by atoms with Crippen LogP contribution in [-0.4, -0.2) is 12.1 Å². The molecule has 2 nitrogen and oxygen atoms in total. The molecule has 1 aliphatic carbocycles. The van der Waals surface area contributed by atoms with E-state index in [1.807, 2.05) is 0 Å². The van der Waals surface area contributed by atoms with Gasteiger partial charge in [0, 0.05) is 23.7 Å². The molecular formula is C13H18N2. The van der Waals surface area contributed by atoms with Gasteiger partial charge < -0.3 is 11.1 Å². The summed E-state index contributed by atoms with van der Waals surface area (Å²) in [5, 5.41) is 3.63. The lowest BCUT2D eigenvalue weighted by Gasteiger charge is -2.29. The molecule has 1 heterocycles. The molecule has 2 heteroatoms. The standard InChI is InChI=1S/C13H18N2/c1-8-2-4-12-10(6-8)11-7-9(14)3-5-13(11)15-12/h2,4,6,9,11,13,15H,3,5,7,14H2,1H3. The van der Waals surface area contributed by atoms with E-state index in [2.05, 4.69) is 30.4 Å². The van der Waals surface area contributed by atoms with Gasteiger partial charge in [-0.25, -0.2) is 0 Å². The second-order valence-corrected chi connectivity index (χ2v) is 5.02. The van der Waals surface area contributed by atoms with E-state index in [0.717, 1.165) is 6.42 Å². The van der Waals surface area contributed by atoms with E-state index in [4.69, 9.17) is 5.73 Å². The summed E-state index contributed by atoms with van der Waals surface area (Å²) >= 11 is 0. The molecule has 1 aliphatic heterocycles. The Labute approximate surface area is 90.9 Å². The van der Waals surface area contributed by atoms with Crippen molar-refractivity contribution in [1.29, 1.82) is 0 Å². The van der Waals surface area contributed by atoms with Gasteiger partial charge >= 0.3 is 0 Å². The summed E-state index contributed by atoms with van der Waals surface area (Å²) in [5.74, 6) is 0.656. The quantitative estimate of drug-likeness (QED) is 0.678. The zero-order valence-electron chi connectivity index (χ0n) is 9.16. The maximum Gasteiger partial charge on any atom is 0.0378 e. The fourth-order valence-electron chi connectivity index (χ4n) is 3.04. The zero-order chi connectivity index (χ0) is 10.4. The monoisotopic (exact) mass is 202 g/mol. The van der Waals surface area contributed by atoms with E-state index < -0.39 is 0 Å². The van der Waals surface area contributed by atoms with Crippen LogP contribution < -0.4 is 11.1 Å². The number of benzene rings is 1. The normalized spacial score (nSPS) is 33.1. The molecule has 1 fully saturated rings. The minimum atomic E-state index is 0.402. The molecule has 1 saturated carbocycles. The van der Waals surface area contributed by atoms with E-state index in [1.165, 1.54) is 29.7 Å². The van der Waals surface area contributed by atoms with Crippen molar-refractivity contribution in [3.05, 3.63) is 29.3 Å². The molecule has 1 aromatic rings. The molecule has 0 bridgehead atoms. The predicted octanol–water partition coefficient (Wildman–Crippen LogP) is 2.38. The molecule has 15 heavy (non-hydrogen) atoms. The summed E-state index contributed by atoms with van der Waals surface area (Å²) in [5.41, 5.74) is 10.2. The highest BCUT2D eigenvalue weighted by Gasteiger charge is 2.36. The first kappa shape index (κ1) is 9.22. The van der Waals surface area contributed by atoms with Gasteiger partial charge in [0.15, 0.2) is 0 Å². The van der Waals surface area contributed by atoms with Gasteiger partial charge in [0.05, 0.1) is 0 Å². The van der Waals surface area contributed by atoms with Crippen LogP contribution >= 0.6 is 0 Å². The highest BCUT2D eigenvalue weighted by atomic mass is 15.0. The molecule has 0 radical (unpaired) electrons. The number of rotatable bonds is 0. The Morgan fingerprint density at radius 1 is 1.33 bits per heavy atom. The molecule has 3 atom stereocenters. The fraction of sp³-hybridized carbons (Fsp3) is 0.538. The molecule has 3 rings (SSSR count). The van der Waals surface area contributed by atoms with Gasteiger partial charge in [0.2, 0.25) is 0 Å². The third-order valence-electron chi connectivity index (χ3n) is 3.84. The smallest absolute Gasteiger partial charge is 0.0378 e. The summed E-state index contributed by atoms with van der Waals surface area (Å²) < 4.78 is 0. The van der Waals surface area contributed by atoms with E-state index in [-0.39, 0.29) is 0 Å². The zero-order valence-corrected chi connectivity index (χ0v) is 9.16. The average Bonchev–Trinajstić information content (AvgIpc) is 2.56. The molecule has 0 spiro atoms. The van der Waals surface area contributed by atoms with Crippen molar-refractivity contribution in [1.82, 2.24) is 0 Å². The summed E-state index contributed by atoms with van der Waals surface area (Å²) in [4.78, 5) is 0. The van der Waals surface area contributed by atoms with Crippen molar-refractivity contribution in [2.45, 2.75) is 44.2 Å². The van der Waals surface area contributed by atoms with Crippen LogP contribution in [0.5, 0.6) is 0 Å². The van der Waals surface area contributed by atoms with E-state index in [9.17, 15) is 0 Å². The Balaban J connectivity index is 1.98. The minimum absolute atomic E-state index is 0.402. The van der Waals surface area contributed by atoms with Gasteiger partial charge in [-0.3, -0.25) is 0 Å². The van der Waals surface area contributed by atoms with Crippen molar-refractivity contribution >= 4 is 5.69 Å². The highest BCUT2D eigenvalue weighted by molar-refractivity contribution is 5.60. The number of anilines is 1. The highest BCUT2D eigenvalue weighted by Crippen LogP contribution is 2.43. The van der Waals surface area contributed by atoms with Crippen LogP contribution in [0, 0.1) is 6.92 Å². The number of nitrogens with one attached hydrogen (secondary N) is 1. The second-order valence-electron chi connectivity index (χ2n) is 5.02. The molecule has 0 aromatic heterocycles. The number of hydrogen-bond acceptors (Lipinski definition) is 2. The first-order valence-electron chi connectivity index (χ1n) is 5.87. The van der Waals surface area contributed by atoms with Crippen LogP contribution in [0.25, 0.3) is 0 Å². The first-order chi connectivity index (χ1) is 7.24. The predicted molar refractivity (Wildman–Crippen MR) is 63.2 cm³/mol. The van der Waals surface area contributed by atoms with Gasteiger partial charge in [-0.05, 0) is 37.8 Å². The van der Waals surface area contributed by atoms with Gasteiger partial charge in [-0.15, -0.1) is 0 Å². The Bertz CT molecular complexity index is 386. The van der Waals surface area contributed by atoms with Gasteiger partial charge in [0.1, 0.15) is 0 Å². The van der Waals surface area contributed by atoms with E-state index in [0.29, 0.717) is 18.0 Å². The summed E-state index contributed by atoms with van der Waals surface area (Å²) in [6, 6.07) is 7.77. The Kier molecular flexibility index (Phi) is 1.99. The third kappa shape index (κ3) is 1.44. The van der Waals surface area contributed by atoms with Gasteiger partial charge in [-0.1, -0.05) is 17.7 Å². The molecule has 0 amide bonds. The third-order valence-corrected chi connectivity index (χ3v) is 3.84. The summed E-state index contributed by atoms with van der Waals surface area (Å²) in [6.07, 6.45) is 3.54. The molecule has 1 aromatic carbocycles. The summed E-state index contributed by atoms with van der Waals surface area (Å²) in [6.45, 7) is 2.16. The number of nitrogens with two attached hydrogens (primary N) is 1. The average molecular weight is 202 g/mol. The number of hydrogen-bond donors (Lipinski definition) is 2. The largest absolute Gasteiger partial charge is 0.381 e. The first-order valence-corrected chi connectivity index (χ1v) is 5.87. The van der Waals surface area contributed by atoms with Crippen LogP contribution in [0.2, 0.25) is 0 Å². The van der Waals surface area contributed by atoms with Crippen molar-refractivity contribution in [2.75, 3.05) is 5.32 Å². The van der Waals surface area contributed by atoms with Crippen molar-refractivity contribution in [3.63, 3.8) is 0 Å². The molecule has 3 unspecified atom stereocenters. The number of aryl methyl sites for hydroxylation is 1. The lowest BCUT2D eigenvalue weighted by Crippen LogP contribution is -2.35. The van der Waals surface area contributed by atoms with Gasteiger partial charge in [0.25, 0.3) is 0 Å². The van der Waals surface area contributed by atoms with Crippen LogP contribution in [0.3, 0.4) is 0 Å². The summed E-state index contributed by atoms with van der Waals surface area (Å²) in [7, 11) is 0. The fourth-order valence-corrected chi connectivity index (χ4v) is 3.04. The Morgan fingerprint density at radius 2 is 2.20 bits per heavy atom. The lowest BCUT2D eigenvalue weighted by molar-refractivity contribution is 0.376. The molecular weight excluding hydrogens is 184 g/mol. The van der Waals surface area contributed by atoms with Crippen LogP contribution in [0.15, 0.2) is 18.2 Å². The van der Waals surface area contributed by atoms with Crippen LogP contribution in [0.4, 0.5) is 5.69 Å². The molecule has 3 N–H and O–H groups in total. The van der Waals surface area contributed by atoms with E-state index in [1.54, 1.807) is 0 Å². The SMILES string of the molecule is Cc1ccc2c(c1)C1CC(N)CCC1N2.